The fraction of sp³-hybridized carbons (Fsp3) is 0.0500. The second kappa shape index (κ2) is 5.15. The Morgan fingerprint density at radius 3 is 1.86 bits per heavy atom. The van der Waals surface area contributed by atoms with Crippen LogP contribution in [0.1, 0.15) is 5.56 Å². The summed E-state index contributed by atoms with van der Waals surface area (Å²) < 4.78 is 2.16. The summed E-state index contributed by atoms with van der Waals surface area (Å²) in [4.78, 5) is 4.63. The van der Waals surface area contributed by atoms with Gasteiger partial charge < -0.3 is 0 Å². The van der Waals surface area contributed by atoms with Gasteiger partial charge >= 0.3 is 0 Å². The predicted octanol–water partition coefficient (Wildman–Crippen LogP) is 5.31. The molecular weight excluding hydrogens is 268 g/mol. The molecule has 0 atom stereocenters. The van der Waals surface area contributed by atoms with Gasteiger partial charge in [-0.25, -0.2) is 4.99 Å². The summed E-state index contributed by atoms with van der Waals surface area (Å²) in [5.41, 5.74) is 4.57. The van der Waals surface area contributed by atoms with Crippen molar-refractivity contribution in [1.82, 2.24) is 4.57 Å². The molecule has 22 heavy (non-hydrogen) atoms. The van der Waals surface area contributed by atoms with Gasteiger partial charge in [-0.3, -0.25) is 4.57 Å². The molecule has 0 bridgehead atoms. The van der Waals surface area contributed by atoms with E-state index >= 15 is 0 Å². The first-order valence-corrected chi connectivity index (χ1v) is 7.41. The number of aryl methyl sites for hydroxylation is 1. The number of fused-ring (bicyclic) bond motifs is 3. The van der Waals surface area contributed by atoms with E-state index in [2.05, 4.69) is 77.1 Å². The minimum Gasteiger partial charge on any atom is -0.300 e. The first kappa shape index (κ1) is 12.8. The van der Waals surface area contributed by atoms with Crippen LogP contribution < -0.4 is 0 Å². The third-order valence-electron chi connectivity index (χ3n) is 3.97. The molecule has 1 heterocycles. The van der Waals surface area contributed by atoms with Crippen LogP contribution >= 0.6 is 0 Å². The molecule has 106 valence electrons. The zero-order chi connectivity index (χ0) is 14.9. The van der Waals surface area contributed by atoms with Crippen LogP contribution in [-0.2, 0) is 0 Å². The molecule has 2 nitrogen and oxygen atoms in total. The van der Waals surface area contributed by atoms with E-state index in [1.165, 1.54) is 27.4 Å². The predicted molar refractivity (Wildman–Crippen MR) is 94.2 cm³/mol. The van der Waals surface area contributed by atoms with Gasteiger partial charge in [0.15, 0.2) is 0 Å². The second-order valence-corrected chi connectivity index (χ2v) is 5.48. The maximum absolute atomic E-state index is 4.63. The Morgan fingerprint density at radius 2 is 1.27 bits per heavy atom. The summed E-state index contributed by atoms with van der Waals surface area (Å²) in [5, 5.41) is 2.52. The number of rotatable bonds is 2. The zero-order valence-corrected chi connectivity index (χ0v) is 12.4. The number of nitrogens with zero attached hydrogens (tertiary/aromatic N) is 2. The van der Waals surface area contributed by atoms with E-state index < -0.39 is 0 Å². The number of hydrogen-bond donors (Lipinski definition) is 0. The second-order valence-electron chi connectivity index (χ2n) is 5.48. The third-order valence-corrected chi connectivity index (χ3v) is 3.97. The van der Waals surface area contributed by atoms with Crippen molar-refractivity contribution in [1.29, 1.82) is 0 Å². The molecule has 0 unspecified atom stereocenters. The molecule has 0 saturated carbocycles. The fourth-order valence-corrected chi connectivity index (χ4v) is 2.83. The van der Waals surface area contributed by atoms with Crippen LogP contribution in [0.3, 0.4) is 0 Å². The highest BCUT2D eigenvalue weighted by atomic mass is 15.0. The monoisotopic (exact) mass is 284 g/mol. The minimum absolute atomic E-state index is 0.965. The van der Waals surface area contributed by atoms with Crippen molar-refractivity contribution in [2.24, 2.45) is 4.99 Å². The lowest BCUT2D eigenvalue weighted by Gasteiger charge is -2.00. The average molecular weight is 284 g/mol. The Bertz CT molecular complexity index is 922. The highest BCUT2D eigenvalue weighted by Gasteiger charge is 2.07. The molecule has 0 aliphatic rings. The normalized spacial score (nSPS) is 11.7. The van der Waals surface area contributed by atoms with Crippen LogP contribution in [0.25, 0.3) is 21.8 Å². The number of aromatic nitrogens is 1. The molecule has 0 N–H and O–H groups in total. The Labute approximate surface area is 129 Å². The quantitative estimate of drug-likeness (QED) is 0.350. The number of hydrogen-bond acceptors (Lipinski definition) is 1. The minimum atomic E-state index is 0.965. The van der Waals surface area contributed by atoms with Crippen LogP contribution in [0.5, 0.6) is 0 Å². The fourth-order valence-electron chi connectivity index (χ4n) is 2.83. The van der Waals surface area contributed by atoms with E-state index in [-0.39, 0.29) is 0 Å². The summed E-state index contributed by atoms with van der Waals surface area (Å²) in [5.74, 6) is 0. The van der Waals surface area contributed by atoms with Gasteiger partial charge in [-0.1, -0.05) is 54.1 Å². The van der Waals surface area contributed by atoms with Gasteiger partial charge in [0.1, 0.15) is 6.34 Å². The van der Waals surface area contributed by atoms with E-state index in [0.29, 0.717) is 0 Å². The molecule has 0 radical (unpaired) electrons. The van der Waals surface area contributed by atoms with E-state index in [4.69, 9.17) is 0 Å². The molecule has 2 heteroatoms. The summed E-state index contributed by atoms with van der Waals surface area (Å²) in [6.07, 6.45) is 1.91. The first-order valence-electron chi connectivity index (χ1n) is 7.41. The van der Waals surface area contributed by atoms with Crippen molar-refractivity contribution in [2.45, 2.75) is 6.92 Å². The van der Waals surface area contributed by atoms with E-state index in [9.17, 15) is 0 Å². The molecule has 0 fully saturated rings. The van der Waals surface area contributed by atoms with Crippen molar-refractivity contribution in [3.8, 4) is 0 Å². The molecule has 4 rings (SSSR count). The van der Waals surface area contributed by atoms with Gasteiger partial charge in [-0.15, -0.1) is 0 Å². The Balaban J connectivity index is 1.91. The van der Waals surface area contributed by atoms with Crippen molar-refractivity contribution in [3.63, 3.8) is 0 Å². The van der Waals surface area contributed by atoms with Crippen molar-refractivity contribution in [3.05, 3.63) is 78.4 Å². The van der Waals surface area contributed by atoms with Crippen molar-refractivity contribution >= 4 is 33.8 Å². The average Bonchev–Trinajstić information content (AvgIpc) is 2.89. The van der Waals surface area contributed by atoms with Crippen LogP contribution in [0.2, 0.25) is 0 Å². The van der Waals surface area contributed by atoms with Gasteiger partial charge in [0.25, 0.3) is 0 Å². The van der Waals surface area contributed by atoms with Crippen LogP contribution in [0.15, 0.2) is 77.8 Å². The third kappa shape index (κ3) is 2.09. The first-order chi connectivity index (χ1) is 10.8. The van der Waals surface area contributed by atoms with Gasteiger partial charge in [0.05, 0.1) is 16.7 Å². The van der Waals surface area contributed by atoms with Crippen LogP contribution in [0.4, 0.5) is 5.69 Å². The molecule has 0 spiro atoms. The van der Waals surface area contributed by atoms with E-state index in [0.717, 1.165) is 5.69 Å². The standard InChI is InChI=1S/C20H16N2/c1-15-10-12-16(13-11-15)21-14-22-19-8-4-2-6-17(19)18-7-3-5-9-20(18)22/h2-14H,1H3. The molecule has 0 amide bonds. The van der Waals surface area contributed by atoms with Gasteiger partial charge in [0, 0.05) is 10.8 Å². The van der Waals surface area contributed by atoms with Gasteiger partial charge in [-0.05, 0) is 31.2 Å². The molecule has 4 aromatic rings. The number of benzene rings is 3. The van der Waals surface area contributed by atoms with Crippen molar-refractivity contribution < 1.29 is 0 Å². The molecule has 0 aliphatic heterocycles. The molecule has 1 aromatic heterocycles. The van der Waals surface area contributed by atoms with Gasteiger partial charge in [-0.2, -0.15) is 0 Å². The SMILES string of the molecule is Cc1ccc(N=Cn2c3ccccc3c3ccccc32)cc1. The maximum Gasteiger partial charge on any atom is 0.100 e. The van der Waals surface area contributed by atoms with Crippen LogP contribution in [-0.4, -0.2) is 10.9 Å². The molecule has 0 saturated heterocycles. The Morgan fingerprint density at radius 1 is 0.727 bits per heavy atom. The van der Waals surface area contributed by atoms with E-state index in [1.807, 2.05) is 18.5 Å². The topological polar surface area (TPSA) is 17.3 Å². The highest BCUT2D eigenvalue weighted by Crippen LogP contribution is 2.27. The van der Waals surface area contributed by atoms with E-state index in [1.54, 1.807) is 0 Å². The summed E-state index contributed by atoms with van der Waals surface area (Å²) in [7, 11) is 0. The molecule has 0 aliphatic carbocycles. The maximum atomic E-state index is 4.63. The summed E-state index contributed by atoms with van der Waals surface area (Å²) in [6.45, 7) is 2.08. The lowest BCUT2D eigenvalue weighted by molar-refractivity contribution is 1.30. The van der Waals surface area contributed by atoms with Crippen LogP contribution in [0, 0.1) is 6.92 Å². The van der Waals surface area contributed by atoms with Gasteiger partial charge in [0.2, 0.25) is 0 Å². The smallest absolute Gasteiger partial charge is 0.100 e. The Kier molecular flexibility index (Phi) is 3.01. The highest BCUT2D eigenvalue weighted by molar-refractivity contribution is 6.11. The number of para-hydroxylation sites is 2. The largest absolute Gasteiger partial charge is 0.300 e. The summed E-state index contributed by atoms with van der Waals surface area (Å²) in [6, 6.07) is 25.1. The lowest BCUT2D eigenvalue weighted by atomic mass is 10.2. The zero-order valence-electron chi connectivity index (χ0n) is 12.4. The molecular formula is C20H16N2. The number of aliphatic imine (C=N–C) groups is 1. The summed E-state index contributed by atoms with van der Waals surface area (Å²) >= 11 is 0. The van der Waals surface area contributed by atoms with Crippen molar-refractivity contribution in [2.75, 3.05) is 0 Å². The Hall–Kier alpha value is -2.87. The lowest BCUT2D eigenvalue weighted by Crippen LogP contribution is -1.93. The molecule has 3 aromatic carbocycles.